The second kappa shape index (κ2) is 4.02. The number of rotatable bonds is 1. The Balaban J connectivity index is 2.07. The van der Waals surface area contributed by atoms with Crippen molar-refractivity contribution in [3.05, 3.63) is 22.7 Å². The predicted molar refractivity (Wildman–Crippen MR) is 70.3 cm³/mol. The van der Waals surface area contributed by atoms with Gasteiger partial charge in [0.15, 0.2) is 12.4 Å². The number of carbonyl (C=O) groups is 1. The van der Waals surface area contributed by atoms with E-state index in [0.29, 0.717) is 21.7 Å². The van der Waals surface area contributed by atoms with Gasteiger partial charge in [0.1, 0.15) is 5.75 Å². The molecule has 0 spiro atoms. The Kier molecular flexibility index (Phi) is 2.48. The van der Waals surface area contributed by atoms with Crippen molar-refractivity contribution in [3.8, 4) is 17.0 Å². The summed E-state index contributed by atoms with van der Waals surface area (Å²) in [6.07, 6.45) is 0. The number of carbonyl (C=O) groups excluding carboxylic acids is 1. The van der Waals surface area contributed by atoms with Gasteiger partial charge in [-0.2, -0.15) is 5.10 Å². The van der Waals surface area contributed by atoms with Gasteiger partial charge in [-0.1, -0.05) is 0 Å². The highest BCUT2D eigenvalue weighted by Gasteiger charge is 2.18. The van der Waals surface area contributed by atoms with Crippen LogP contribution in [0.25, 0.3) is 11.3 Å². The number of hydrogen-bond acceptors (Lipinski definition) is 4. The molecule has 2 aromatic rings. The summed E-state index contributed by atoms with van der Waals surface area (Å²) in [5.74, 6) is 0.882. The lowest BCUT2D eigenvalue weighted by molar-refractivity contribution is -0.118. The van der Waals surface area contributed by atoms with E-state index in [4.69, 9.17) is 10.5 Å². The molecule has 0 bridgehead atoms. The lowest BCUT2D eigenvalue weighted by Crippen LogP contribution is -2.25. The summed E-state index contributed by atoms with van der Waals surface area (Å²) < 4.78 is 5.99. The highest BCUT2D eigenvalue weighted by atomic mass is 79.9. The number of nitrogens with zero attached hydrogens (tertiary/aromatic N) is 1. The van der Waals surface area contributed by atoms with Crippen LogP contribution in [0.2, 0.25) is 0 Å². The summed E-state index contributed by atoms with van der Waals surface area (Å²) in [6, 6.07) is 5.48. The van der Waals surface area contributed by atoms with Crippen molar-refractivity contribution in [2.24, 2.45) is 0 Å². The summed E-state index contributed by atoms with van der Waals surface area (Å²) >= 11 is 3.36. The van der Waals surface area contributed by atoms with Gasteiger partial charge in [-0.15, -0.1) is 0 Å². The number of nitrogen functional groups attached to an aromatic ring is 1. The first-order chi connectivity index (χ1) is 8.65. The van der Waals surface area contributed by atoms with Crippen LogP contribution in [0.4, 0.5) is 11.5 Å². The summed E-state index contributed by atoms with van der Waals surface area (Å²) in [4.78, 5) is 11.3. The average Bonchev–Trinajstić information content (AvgIpc) is 2.69. The number of benzene rings is 1. The van der Waals surface area contributed by atoms with Crippen molar-refractivity contribution in [2.45, 2.75) is 0 Å². The molecule has 6 nitrogen and oxygen atoms in total. The highest BCUT2D eigenvalue weighted by molar-refractivity contribution is 9.10. The minimum absolute atomic E-state index is 0.0487. The quantitative estimate of drug-likeness (QED) is 0.748. The standard InChI is InChI=1S/C11H9BrN4O2/c12-9-10(15-16-11(9)13)5-1-2-7-6(3-5)14-8(17)4-18-7/h1-3H,4H2,(H,14,17)(H3,13,15,16). The Bertz CT molecular complexity index is 638. The van der Waals surface area contributed by atoms with Gasteiger partial charge in [-0.25, -0.2) is 0 Å². The summed E-state index contributed by atoms with van der Waals surface area (Å²) in [5, 5.41) is 9.49. The summed E-state index contributed by atoms with van der Waals surface area (Å²) in [5.41, 5.74) is 7.91. The first kappa shape index (κ1) is 11.1. The fourth-order valence-electron chi connectivity index (χ4n) is 1.77. The van der Waals surface area contributed by atoms with Crippen molar-refractivity contribution in [3.63, 3.8) is 0 Å². The molecule has 7 heteroatoms. The lowest BCUT2D eigenvalue weighted by Gasteiger charge is -2.18. The molecule has 18 heavy (non-hydrogen) atoms. The molecule has 1 amide bonds. The zero-order valence-electron chi connectivity index (χ0n) is 9.16. The minimum atomic E-state index is -0.164. The molecule has 0 fully saturated rings. The van der Waals surface area contributed by atoms with Crippen molar-refractivity contribution in [1.29, 1.82) is 0 Å². The van der Waals surface area contributed by atoms with E-state index in [0.717, 1.165) is 11.3 Å². The first-order valence-electron chi connectivity index (χ1n) is 5.21. The zero-order valence-corrected chi connectivity index (χ0v) is 10.7. The van der Waals surface area contributed by atoms with Crippen LogP contribution in [-0.2, 0) is 4.79 Å². The van der Waals surface area contributed by atoms with E-state index in [1.54, 1.807) is 6.07 Å². The third-order valence-corrected chi connectivity index (χ3v) is 3.44. The maximum atomic E-state index is 11.3. The molecule has 1 aromatic heterocycles. The van der Waals surface area contributed by atoms with E-state index in [1.165, 1.54) is 0 Å². The molecule has 0 saturated heterocycles. The van der Waals surface area contributed by atoms with Crippen LogP contribution in [0.15, 0.2) is 22.7 Å². The monoisotopic (exact) mass is 308 g/mol. The van der Waals surface area contributed by atoms with Crippen LogP contribution in [0, 0.1) is 0 Å². The molecule has 0 atom stereocenters. The number of ether oxygens (including phenoxy) is 1. The Hall–Kier alpha value is -2.02. The van der Waals surface area contributed by atoms with Gasteiger partial charge in [-0.05, 0) is 34.1 Å². The van der Waals surface area contributed by atoms with Crippen LogP contribution in [0.3, 0.4) is 0 Å². The second-order valence-electron chi connectivity index (χ2n) is 3.85. The summed E-state index contributed by atoms with van der Waals surface area (Å²) in [6.45, 7) is 0.0487. The third kappa shape index (κ3) is 1.72. The van der Waals surface area contributed by atoms with Crippen molar-refractivity contribution in [1.82, 2.24) is 10.2 Å². The van der Waals surface area contributed by atoms with Crippen molar-refractivity contribution >= 4 is 33.3 Å². The van der Waals surface area contributed by atoms with Gasteiger partial charge >= 0.3 is 0 Å². The smallest absolute Gasteiger partial charge is 0.262 e. The largest absolute Gasteiger partial charge is 0.482 e. The number of H-pyrrole nitrogens is 1. The summed E-state index contributed by atoms with van der Waals surface area (Å²) in [7, 11) is 0. The molecule has 4 N–H and O–H groups in total. The fraction of sp³-hybridized carbons (Fsp3) is 0.0909. The number of hydrogen-bond donors (Lipinski definition) is 3. The highest BCUT2D eigenvalue weighted by Crippen LogP contribution is 2.35. The van der Waals surface area contributed by atoms with Crippen LogP contribution < -0.4 is 15.8 Å². The van der Waals surface area contributed by atoms with Gasteiger partial charge < -0.3 is 15.8 Å². The molecular weight excluding hydrogens is 300 g/mol. The molecule has 3 rings (SSSR count). The first-order valence-corrected chi connectivity index (χ1v) is 6.01. The number of nitrogens with two attached hydrogens (primary N) is 1. The molecule has 2 heterocycles. The molecule has 0 unspecified atom stereocenters. The Morgan fingerprint density at radius 1 is 1.44 bits per heavy atom. The number of nitrogens with one attached hydrogen (secondary N) is 2. The van der Waals surface area contributed by atoms with Crippen molar-refractivity contribution < 1.29 is 9.53 Å². The van der Waals surface area contributed by atoms with Gasteiger partial charge in [0.2, 0.25) is 0 Å². The normalized spacial score (nSPS) is 13.7. The van der Waals surface area contributed by atoms with E-state index in [-0.39, 0.29) is 12.5 Å². The Morgan fingerprint density at radius 3 is 3.00 bits per heavy atom. The zero-order chi connectivity index (χ0) is 12.7. The molecule has 1 aliphatic heterocycles. The van der Waals surface area contributed by atoms with E-state index in [1.807, 2.05) is 12.1 Å². The molecule has 92 valence electrons. The van der Waals surface area contributed by atoms with Crippen LogP contribution in [0.5, 0.6) is 5.75 Å². The SMILES string of the molecule is Nc1n[nH]c(-c2ccc3c(c2)NC(=O)CO3)c1Br. The van der Waals surface area contributed by atoms with Gasteiger partial charge in [-0.3, -0.25) is 9.89 Å². The fourth-order valence-corrected chi connectivity index (χ4v) is 2.18. The number of aromatic amines is 1. The van der Waals surface area contributed by atoms with E-state index in [2.05, 4.69) is 31.4 Å². The maximum absolute atomic E-state index is 11.3. The number of anilines is 2. The Labute approximate surface area is 111 Å². The molecule has 0 radical (unpaired) electrons. The van der Waals surface area contributed by atoms with Gasteiger partial charge in [0.25, 0.3) is 5.91 Å². The van der Waals surface area contributed by atoms with E-state index >= 15 is 0 Å². The van der Waals surface area contributed by atoms with Crippen molar-refractivity contribution in [2.75, 3.05) is 17.7 Å². The topological polar surface area (TPSA) is 93.0 Å². The van der Waals surface area contributed by atoms with Crippen LogP contribution >= 0.6 is 15.9 Å². The molecule has 1 aromatic carbocycles. The lowest BCUT2D eigenvalue weighted by atomic mass is 10.1. The predicted octanol–water partition coefficient (Wildman–Crippen LogP) is 1.75. The average molecular weight is 309 g/mol. The Morgan fingerprint density at radius 2 is 2.28 bits per heavy atom. The van der Waals surface area contributed by atoms with Gasteiger partial charge in [0.05, 0.1) is 15.9 Å². The van der Waals surface area contributed by atoms with E-state index in [9.17, 15) is 4.79 Å². The second-order valence-corrected chi connectivity index (χ2v) is 4.64. The molecule has 1 aliphatic rings. The number of amides is 1. The molecule has 0 saturated carbocycles. The van der Waals surface area contributed by atoms with Crippen LogP contribution in [-0.4, -0.2) is 22.7 Å². The minimum Gasteiger partial charge on any atom is -0.482 e. The molecule has 0 aliphatic carbocycles. The molecular formula is C11H9BrN4O2. The number of aromatic nitrogens is 2. The van der Waals surface area contributed by atoms with Gasteiger partial charge in [0, 0.05) is 5.56 Å². The third-order valence-electron chi connectivity index (χ3n) is 2.63. The van der Waals surface area contributed by atoms with E-state index < -0.39 is 0 Å². The number of fused-ring (bicyclic) bond motifs is 1. The maximum Gasteiger partial charge on any atom is 0.262 e. The number of halogens is 1. The van der Waals surface area contributed by atoms with Crippen LogP contribution in [0.1, 0.15) is 0 Å².